The van der Waals surface area contributed by atoms with Gasteiger partial charge >= 0.3 is 5.97 Å². The first-order chi connectivity index (χ1) is 19.4. The van der Waals surface area contributed by atoms with Crippen molar-refractivity contribution in [1.82, 2.24) is 9.88 Å². The van der Waals surface area contributed by atoms with Crippen LogP contribution in [0.15, 0.2) is 54.7 Å². The zero-order chi connectivity index (χ0) is 29.9. The molecule has 220 valence electrons. The van der Waals surface area contributed by atoms with Crippen molar-refractivity contribution in [2.24, 2.45) is 5.92 Å². The molecule has 0 radical (unpaired) electrons. The average molecular weight is 567 g/mol. The van der Waals surface area contributed by atoms with Crippen LogP contribution in [0.2, 0.25) is 0 Å². The van der Waals surface area contributed by atoms with E-state index in [2.05, 4.69) is 37.6 Å². The van der Waals surface area contributed by atoms with E-state index in [1.807, 2.05) is 18.2 Å². The Morgan fingerprint density at radius 1 is 1.10 bits per heavy atom. The number of aliphatic carboxylic acids is 1. The van der Waals surface area contributed by atoms with E-state index in [0.29, 0.717) is 29.3 Å². The second-order valence-corrected chi connectivity index (χ2v) is 11.6. The lowest BCUT2D eigenvalue weighted by Gasteiger charge is -2.31. The van der Waals surface area contributed by atoms with Crippen molar-refractivity contribution in [3.63, 3.8) is 0 Å². The SMILES string of the molecule is COc1cc(-c2ccc(COc3cccc([C@H](C4CC4)C(C)(F)C(=O)O)c3)cc2CN(C(C)C)C(C)C)c(F)cn1. The number of pyridine rings is 1. The van der Waals surface area contributed by atoms with Crippen LogP contribution in [0.25, 0.3) is 11.1 Å². The number of carboxylic acid groups (broad SMARTS) is 1. The maximum absolute atomic E-state index is 15.3. The van der Waals surface area contributed by atoms with E-state index < -0.39 is 23.4 Å². The van der Waals surface area contributed by atoms with Crippen LogP contribution in [-0.4, -0.2) is 45.8 Å². The first-order valence-electron chi connectivity index (χ1n) is 14.1. The fraction of sp³-hybridized carbons (Fsp3) is 0.455. The number of alkyl halides is 1. The summed E-state index contributed by atoms with van der Waals surface area (Å²) in [5, 5.41) is 9.54. The first-order valence-corrected chi connectivity index (χ1v) is 14.1. The molecule has 0 saturated heterocycles. The largest absolute Gasteiger partial charge is 0.489 e. The molecule has 8 heteroatoms. The van der Waals surface area contributed by atoms with Crippen molar-refractivity contribution < 1.29 is 28.2 Å². The summed E-state index contributed by atoms with van der Waals surface area (Å²) in [5.41, 5.74) is 1.26. The molecular formula is C33H40F2N2O4. The first kappa shape index (κ1) is 30.4. The van der Waals surface area contributed by atoms with Crippen LogP contribution in [0.5, 0.6) is 11.6 Å². The van der Waals surface area contributed by atoms with Crippen LogP contribution in [0.1, 0.15) is 70.1 Å². The van der Waals surface area contributed by atoms with Crippen molar-refractivity contribution in [2.75, 3.05) is 7.11 Å². The number of carboxylic acids is 1. The number of hydrogen-bond acceptors (Lipinski definition) is 5. The molecule has 41 heavy (non-hydrogen) atoms. The molecule has 1 N–H and O–H groups in total. The Labute approximate surface area is 241 Å². The molecule has 2 atom stereocenters. The van der Waals surface area contributed by atoms with Crippen molar-refractivity contribution in [3.05, 3.63) is 77.2 Å². The van der Waals surface area contributed by atoms with E-state index in [-0.39, 0.29) is 24.6 Å². The van der Waals surface area contributed by atoms with Gasteiger partial charge < -0.3 is 14.6 Å². The van der Waals surface area contributed by atoms with Crippen molar-refractivity contribution in [1.29, 1.82) is 0 Å². The number of methoxy groups -OCH3 is 1. The Balaban J connectivity index is 1.63. The van der Waals surface area contributed by atoms with Gasteiger partial charge in [-0.25, -0.2) is 18.6 Å². The van der Waals surface area contributed by atoms with E-state index in [4.69, 9.17) is 9.47 Å². The molecule has 1 saturated carbocycles. The van der Waals surface area contributed by atoms with Gasteiger partial charge in [0, 0.05) is 36.2 Å². The molecule has 0 aliphatic heterocycles. The highest BCUT2D eigenvalue weighted by Crippen LogP contribution is 2.50. The predicted molar refractivity (Wildman–Crippen MR) is 155 cm³/mol. The molecular weight excluding hydrogens is 526 g/mol. The fourth-order valence-corrected chi connectivity index (χ4v) is 5.58. The molecule has 1 heterocycles. The molecule has 4 rings (SSSR count). The third-order valence-corrected chi connectivity index (χ3v) is 7.90. The van der Waals surface area contributed by atoms with Crippen molar-refractivity contribution in [2.45, 2.75) is 84.3 Å². The maximum atomic E-state index is 15.3. The molecule has 6 nitrogen and oxygen atoms in total. The van der Waals surface area contributed by atoms with Crippen LogP contribution >= 0.6 is 0 Å². The Morgan fingerprint density at radius 3 is 2.41 bits per heavy atom. The number of carbonyl (C=O) groups is 1. The highest BCUT2D eigenvalue weighted by Gasteiger charge is 2.50. The van der Waals surface area contributed by atoms with Gasteiger partial charge in [-0.15, -0.1) is 0 Å². The zero-order valence-electron chi connectivity index (χ0n) is 24.7. The molecule has 1 aromatic heterocycles. The second kappa shape index (κ2) is 12.6. The van der Waals surface area contributed by atoms with E-state index in [0.717, 1.165) is 36.5 Å². The maximum Gasteiger partial charge on any atom is 0.341 e. The number of rotatable bonds is 13. The lowest BCUT2D eigenvalue weighted by molar-refractivity contribution is -0.151. The average Bonchev–Trinajstić information content (AvgIpc) is 3.76. The summed E-state index contributed by atoms with van der Waals surface area (Å²) in [5.74, 6) is -1.74. The molecule has 0 spiro atoms. The summed E-state index contributed by atoms with van der Waals surface area (Å²) in [6.07, 6.45) is 2.79. The molecule has 1 aliphatic rings. The molecule has 3 aromatic rings. The number of hydrogen-bond donors (Lipinski definition) is 1. The van der Waals surface area contributed by atoms with Gasteiger partial charge in [0.15, 0.2) is 0 Å². The molecule has 1 fully saturated rings. The fourth-order valence-electron chi connectivity index (χ4n) is 5.58. The van der Waals surface area contributed by atoms with Gasteiger partial charge in [0.25, 0.3) is 0 Å². The molecule has 0 amide bonds. The van der Waals surface area contributed by atoms with Gasteiger partial charge in [-0.05, 0) is 87.8 Å². The number of ether oxygens (including phenoxy) is 2. The second-order valence-electron chi connectivity index (χ2n) is 11.6. The summed E-state index contributed by atoms with van der Waals surface area (Å²) in [4.78, 5) is 18.0. The van der Waals surface area contributed by atoms with Gasteiger partial charge in [0.2, 0.25) is 11.5 Å². The summed E-state index contributed by atoms with van der Waals surface area (Å²) in [6.45, 7) is 10.5. The monoisotopic (exact) mass is 566 g/mol. The van der Waals surface area contributed by atoms with Gasteiger partial charge in [0.05, 0.1) is 13.3 Å². The summed E-state index contributed by atoms with van der Waals surface area (Å²) in [7, 11) is 1.50. The lowest BCUT2D eigenvalue weighted by atomic mass is 9.81. The normalized spacial score (nSPS) is 15.7. The Morgan fingerprint density at radius 2 is 1.80 bits per heavy atom. The van der Waals surface area contributed by atoms with E-state index in [1.165, 1.54) is 13.3 Å². The third kappa shape index (κ3) is 7.04. The van der Waals surface area contributed by atoms with Gasteiger partial charge in [-0.1, -0.05) is 30.3 Å². The smallest absolute Gasteiger partial charge is 0.341 e. The topological polar surface area (TPSA) is 71.9 Å². The highest BCUT2D eigenvalue weighted by atomic mass is 19.1. The molecule has 1 unspecified atom stereocenters. The number of halogens is 2. The minimum Gasteiger partial charge on any atom is -0.489 e. The minimum atomic E-state index is -2.37. The van der Waals surface area contributed by atoms with Gasteiger partial charge in [0.1, 0.15) is 18.2 Å². The van der Waals surface area contributed by atoms with Crippen LogP contribution < -0.4 is 9.47 Å². The molecule has 2 aromatic carbocycles. The van der Waals surface area contributed by atoms with Crippen LogP contribution in [0, 0.1) is 11.7 Å². The van der Waals surface area contributed by atoms with Crippen molar-refractivity contribution >= 4 is 5.97 Å². The van der Waals surface area contributed by atoms with Gasteiger partial charge in [-0.3, -0.25) is 4.90 Å². The Hall–Kier alpha value is -3.52. The van der Waals surface area contributed by atoms with E-state index >= 15 is 4.39 Å². The minimum absolute atomic E-state index is 0.00326. The number of aromatic nitrogens is 1. The van der Waals surface area contributed by atoms with Crippen molar-refractivity contribution in [3.8, 4) is 22.8 Å². The summed E-state index contributed by atoms with van der Waals surface area (Å²) < 4.78 is 41.6. The number of nitrogens with zero attached hydrogens (tertiary/aromatic N) is 2. The van der Waals surface area contributed by atoms with Gasteiger partial charge in [-0.2, -0.15) is 0 Å². The Kier molecular flexibility index (Phi) is 9.32. The zero-order valence-corrected chi connectivity index (χ0v) is 24.7. The van der Waals surface area contributed by atoms with Crippen LogP contribution in [-0.2, 0) is 17.9 Å². The summed E-state index contributed by atoms with van der Waals surface area (Å²) in [6, 6.07) is 15.1. The summed E-state index contributed by atoms with van der Waals surface area (Å²) >= 11 is 0. The van der Waals surface area contributed by atoms with Crippen LogP contribution in [0.3, 0.4) is 0 Å². The standard InChI is InChI=1S/C33H40F2N2O4/c1-20(2)37(21(3)4)18-25-14-22(10-13-27(25)28-16-30(40-6)36-17-29(28)34)19-41-26-9-7-8-24(15-26)31(23-11-12-23)33(5,35)32(38)39/h7-10,13-17,20-21,23,31H,11-12,18-19H2,1-6H3,(H,38,39)/t31-,33?/m0/s1. The molecule has 1 aliphatic carbocycles. The Bertz CT molecular complexity index is 1360. The molecule has 0 bridgehead atoms. The highest BCUT2D eigenvalue weighted by molar-refractivity contribution is 5.78. The predicted octanol–water partition coefficient (Wildman–Crippen LogP) is 7.40. The van der Waals surface area contributed by atoms with E-state index in [9.17, 15) is 14.3 Å². The lowest BCUT2D eigenvalue weighted by Crippen LogP contribution is -2.38. The number of benzene rings is 2. The van der Waals surface area contributed by atoms with E-state index in [1.54, 1.807) is 30.3 Å². The van der Waals surface area contributed by atoms with Crippen LogP contribution in [0.4, 0.5) is 8.78 Å². The third-order valence-electron chi connectivity index (χ3n) is 7.90. The quantitative estimate of drug-likeness (QED) is 0.232.